The van der Waals surface area contributed by atoms with Gasteiger partial charge in [0.2, 0.25) is 0 Å². The summed E-state index contributed by atoms with van der Waals surface area (Å²) < 4.78 is 31.5. The lowest BCUT2D eigenvalue weighted by Crippen LogP contribution is -2.50. The van der Waals surface area contributed by atoms with E-state index >= 15 is 0 Å². The first-order valence-corrected chi connectivity index (χ1v) is 5.79. The van der Waals surface area contributed by atoms with Gasteiger partial charge in [0.05, 0.1) is 25.3 Å². The zero-order valence-electron chi connectivity index (χ0n) is 10.2. The third-order valence-corrected chi connectivity index (χ3v) is 3.52. The minimum Gasteiger partial charge on any atom is -0.394 e. The van der Waals surface area contributed by atoms with Crippen molar-refractivity contribution in [1.82, 2.24) is 14.5 Å². The predicted octanol–water partition coefficient (Wildman–Crippen LogP) is 0.861. The maximum Gasteiger partial charge on any atom is 0.319 e. The third-order valence-electron chi connectivity index (χ3n) is 3.52. The smallest absolute Gasteiger partial charge is 0.319 e. The fraction of sp³-hybridized carbons (Fsp3) is 0.727. The molecule has 1 aromatic rings. The van der Waals surface area contributed by atoms with Crippen LogP contribution in [0.2, 0.25) is 0 Å². The zero-order valence-corrected chi connectivity index (χ0v) is 10.2. The SMILES string of the molecule is CN(Cc1nccn1C(F)F)[C@@]1(CO)CCOC1. The van der Waals surface area contributed by atoms with Gasteiger partial charge >= 0.3 is 6.55 Å². The second-order valence-electron chi connectivity index (χ2n) is 4.57. The van der Waals surface area contributed by atoms with Gasteiger partial charge in [-0.3, -0.25) is 9.47 Å². The number of aliphatic hydroxyl groups excluding tert-OH is 1. The van der Waals surface area contributed by atoms with E-state index in [1.807, 2.05) is 4.90 Å². The van der Waals surface area contributed by atoms with Gasteiger partial charge in [-0.2, -0.15) is 8.78 Å². The van der Waals surface area contributed by atoms with E-state index in [9.17, 15) is 13.9 Å². The minimum absolute atomic E-state index is 0.0567. The van der Waals surface area contributed by atoms with E-state index in [0.29, 0.717) is 19.6 Å². The number of hydrogen-bond donors (Lipinski definition) is 1. The molecule has 2 rings (SSSR count). The van der Waals surface area contributed by atoms with E-state index in [4.69, 9.17) is 4.74 Å². The summed E-state index contributed by atoms with van der Waals surface area (Å²) in [7, 11) is 1.79. The van der Waals surface area contributed by atoms with Crippen molar-refractivity contribution in [2.24, 2.45) is 0 Å². The Morgan fingerprint density at radius 1 is 1.67 bits per heavy atom. The van der Waals surface area contributed by atoms with E-state index in [0.717, 1.165) is 4.57 Å². The van der Waals surface area contributed by atoms with E-state index in [1.54, 1.807) is 7.05 Å². The highest BCUT2D eigenvalue weighted by molar-refractivity contribution is 4.98. The molecule has 0 radical (unpaired) electrons. The summed E-state index contributed by atoms with van der Waals surface area (Å²) in [5.41, 5.74) is -0.487. The molecule has 1 aliphatic heterocycles. The molecule has 7 heteroatoms. The first-order valence-electron chi connectivity index (χ1n) is 5.79. The number of halogens is 2. The van der Waals surface area contributed by atoms with Crippen molar-refractivity contribution < 1.29 is 18.6 Å². The highest BCUT2D eigenvalue weighted by Crippen LogP contribution is 2.26. The molecule has 2 heterocycles. The van der Waals surface area contributed by atoms with Gasteiger partial charge < -0.3 is 9.84 Å². The lowest BCUT2D eigenvalue weighted by molar-refractivity contribution is 0.0230. The Labute approximate surface area is 104 Å². The lowest BCUT2D eigenvalue weighted by Gasteiger charge is -2.35. The molecule has 1 N–H and O–H groups in total. The first kappa shape index (κ1) is 13.4. The molecular weight excluding hydrogens is 244 g/mol. The highest BCUT2D eigenvalue weighted by Gasteiger charge is 2.38. The Hall–Kier alpha value is -1.05. The molecule has 18 heavy (non-hydrogen) atoms. The van der Waals surface area contributed by atoms with E-state index < -0.39 is 12.1 Å². The third kappa shape index (κ3) is 2.38. The summed E-state index contributed by atoms with van der Waals surface area (Å²) in [5.74, 6) is 0.284. The number of nitrogens with zero attached hydrogens (tertiary/aromatic N) is 3. The second kappa shape index (κ2) is 5.29. The van der Waals surface area contributed by atoms with Gasteiger partial charge in [0.15, 0.2) is 0 Å². The standard InChI is InChI=1S/C11H17F2N3O2/c1-15(11(7-17)2-5-18-8-11)6-9-14-3-4-16(9)10(12)13/h3-4,10,17H,2,5-8H2,1H3/t11-/m1/s1. The predicted molar refractivity (Wildman–Crippen MR) is 60.2 cm³/mol. The number of rotatable bonds is 5. The summed E-state index contributed by atoms with van der Waals surface area (Å²) >= 11 is 0. The van der Waals surface area contributed by atoms with Gasteiger partial charge in [0.25, 0.3) is 0 Å². The molecule has 0 unspecified atom stereocenters. The van der Waals surface area contributed by atoms with Crippen LogP contribution < -0.4 is 0 Å². The summed E-state index contributed by atoms with van der Waals surface area (Å²) in [4.78, 5) is 5.77. The van der Waals surface area contributed by atoms with Gasteiger partial charge in [-0.15, -0.1) is 0 Å². The van der Waals surface area contributed by atoms with Gasteiger partial charge in [0, 0.05) is 19.0 Å². The summed E-state index contributed by atoms with van der Waals surface area (Å²) in [6, 6.07) is 0. The largest absolute Gasteiger partial charge is 0.394 e. The number of alkyl halides is 2. The van der Waals surface area contributed by atoms with Crippen molar-refractivity contribution in [3.63, 3.8) is 0 Å². The molecule has 102 valence electrons. The van der Waals surface area contributed by atoms with Gasteiger partial charge in [-0.25, -0.2) is 4.98 Å². The van der Waals surface area contributed by atoms with Gasteiger partial charge in [-0.1, -0.05) is 0 Å². The van der Waals surface area contributed by atoms with E-state index in [-0.39, 0.29) is 19.0 Å². The average Bonchev–Trinajstić information content (AvgIpc) is 2.97. The molecule has 1 aromatic heterocycles. The van der Waals surface area contributed by atoms with Crippen LogP contribution in [0.4, 0.5) is 8.78 Å². The Morgan fingerprint density at radius 3 is 3.00 bits per heavy atom. The Bertz CT molecular complexity index is 391. The maximum absolute atomic E-state index is 12.7. The summed E-state index contributed by atoms with van der Waals surface area (Å²) in [5, 5.41) is 9.50. The Morgan fingerprint density at radius 2 is 2.44 bits per heavy atom. The number of aromatic nitrogens is 2. The molecule has 1 atom stereocenters. The molecule has 0 amide bonds. The van der Waals surface area contributed by atoms with Crippen LogP contribution in [0.25, 0.3) is 0 Å². The van der Waals surface area contributed by atoms with Crippen LogP contribution in [-0.2, 0) is 11.3 Å². The summed E-state index contributed by atoms with van der Waals surface area (Å²) in [6.45, 7) is -1.41. The Balaban J connectivity index is 2.10. The second-order valence-corrected chi connectivity index (χ2v) is 4.57. The van der Waals surface area contributed by atoms with Gasteiger partial charge in [-0.05, 0) is 13.5 Å². The number of ether oxygens (including phenoxy) is 1. The van der Waals surface area contributed by atoms with Crippen molar-refractivity contribution in [2.75, 3.05) is 26.9 Å². The number of aliphatic hydroxyl groups is 1. The molecule has 0 spiro atoms. The van der Waals surface area contributed by atoms with Crippen LogP contribution in [0, 0.1) is 0 Å². The van der Waals surface area contributed by atoms with Crippen molar-refractivity contribution in [2.45, 2.75) is 25.1 Å². The number of hydrogen-bond acceptors (Lipinski definition) is 4. The molecule has 0 aromatic carbocycles. The fourth-order valence-electron chi connectivity index (χ4n) is 2.17. The van der Waals surface area contributed by atoms with Crippen LogP contribution in [0.5, 0.6) is 0 Å². The number of likely N-dealkylation sites (N-methyl/N-ethyl adjacent to an activating group) is 1. The minimum atomic E-state index is -2.60. The van der Waals surface area contributed by atoms with Crippen LogP contribution in [0.15, 0.2) is 12.4 Å². The first-order chi connectivity index (χ1) is 8.59. The van der Waals surface area contributed by atoms with E-state index in [1.165, 1.54) is 12.4 Å². The van der Waals surface area contributed by atoms with Crippen molar-refractivity contribution >= 4 is 0 Å². The molecule has 0 bridgehead atoms. The zero-order chi connectivity index (χ0) is 13.2. The van der Waals surface area contributed by atoms with E-state index in [2.05, 4.69) is 4.98 Å². The fourth-order valence-corrected chi connectivity index (χ4v) is 2.17. The molecule has 1 saturated heterocycles. The number of imidazole rings is 1. The van der Waals surface area contributed by atoms with Crippen LogP contribution in [0.1, 0.15) is 18.8 Å². The maximum atomic E-state index is 12.7. The molecule has 1 fully saturated rings. The quantitative estimate of drug-likeness (QED) is 0.854. The van der Waals surface area contributed by atoms with Crippen LogP contribution >= 0.6 is 0 Å². The highest BCUT2D eigenvalue weighted by atomic mass is 19.3. The van der Waals surface area contributed by atoms with Gasteiger partial charge in [0.1, 0.15) is 5.82 Å². The van der Waals surface area contributed by atoms with Crippen molar-refractivity contribution in [1.29, 1.82) is 0 Å². The van der Waals surface area contributed by atoms with Crippen LogP contribution in [-0.4, -0.2) is 52.0 Å². The normalized spacial score (nSPS) is 24.3. The monoisotopic (exact) mass is 261 g/mol. The average molecular weight is 261 g/mol. The topological polar surface area (TPSA) is 50.5 Å². The lowest BCUT2D eigenvalue weighted by atomic mass is 9.98. The molecule has 1 aliphatic rings. The van der Waals surface area contributed by atoms with Crippen LogP contribution in [0.3, 0.4) is 0 Å². The Kier molecular flexibility index (Phi) is 3.94. The van der Waals surface area contributed by atoms with Crippen molar-refractivity contribution in [3.05, 3.63) is 18.2 Å². The summed E-state index contributed by atoms with van der Waals surface area (Å²) in [6.07, 6.45) is 3.30. The molecule has 5 nitrogen and oxygen atoms in total. The molecule has 0 saturated carbocycles. The van der Waals surface area contributed by atoms with Crippen molar-refractivity contribution in [3.8, 4) is 0 Å². The molecule has 0 aliphatic carbocycles. The molecular formula is C11H17F2N3O2.